The fourth-order valence-electron chi connectivity index (χ4n) is 3.24. The third-order valence-corrected chi connectivity index (χ3v) is 5.80. The Morgan fingerprint density at radius 1 is 1.42 bits per heavy atom. The van der Waals surface area contributed by atoms with Gasteiger partial charge in [-0.1, -0.05) is 12.1 Å². The van der Waals surface area contributed by atoms with Crippen molar-refractivity contribution in [2.24, 2.45) is 10.9 Å². The molecular weight excluding hydrogens is 328 g/mol. The lowest BCUT2D eigenvalue weighted by molar-refractivity contribution is -0.131. The first-order chi connectivity index (χ1) is 11.5. The molecule has 1 aromatic carbocycles. The summed E-state index contributed by atoms with van der Waals surface area (Å²) in [6, 6.07) is 6.66. The highest BCUT2D eigenvalue weighted by atomic mass is 32.2. The molecule has 1 saturated heterocycles. The van der Waals surface area contributed by atoms with Gasteiger partial charge in [-0.05, 0) is 44.5 Å². The third kappa shape index (κ3) is 3.44. The molecule has 2 heterocycles. The minimum Gasteiger partial charge on any atom is -0.341 e. The molecule has 0 saturated carbocycles. The molecule has 2 aliphatic heterocycles. The van der Waals surface area contributed by atoms with E-state index in [1.807, 2.05) is 11.9 Å². The van der Waals surface area contributed by atoms with Crippen molar-refractivity contribution < 1.29 is 13.2 Å². The Kier molecular flexibility index (Phi) is 4.86. The molecule has 2 aliphatic rings. The number of fused-ring (bicyclic) bond motifs is 1. The lowest BCUT2D eigenvalue weighted by atomic mass is 9.98. The van der Waals surface area contributed by atoms with E-state index >= 15 is 0 Å². The fraction of sp³-hybridized carbons (Fsp3) is 0.500. The molecule has 0 aromatic heterocycles. The molecule has 2 N–H and O–H groups in total. The van der Waals surface area contributed by atoms with Crippen LogP contribution in [0.5, 0.6) is 0 Å². The van der Waals surface area contributed by atoms with E-state index in [-0.39, 0.29) is 23.2 Å². The summed E-state index contributed by atoms with van der Waals surface area (Å²) in [5, 5.41) is 3.15. The van der Waals surface area contributed by atoms with Crippen LogP contribution in [0.25, 0.3) is 0 Å². The maximum absolute atomic E-state index is 12.4. The minimum absolute atomic E-state index is 0.0432. The molecule has 1 aromatic rings. The number of nitrogens with one attached hydrogen (secondary N) is 2. The first-order valence-electron chi connectivity index (χ1n) is 8.10. The summed E-state index contributed by atoms with van der Waals surface area (Å²) in [6.07, 6.45) is 2.11. The summed E-state index contributed by atoms with van der Waals surface area (Å²) in [5.74, 6) is 0.653. The third-order valence-electron chi connectivity index (χ3n) is 4.40. The molecular formula is C16H22N4O3S. The highest BCUT2D eigenvalue weighted by Gasteiger charge is 2.30. The van der Waals surface area contributed by atoms with E-state index in [4.69, 9.17) is 0 Å². The smallest absolute Gasteiger partial charge is 0.263 e. The standard InChI is InChI=1S/C16H22N4O3S/c1-17-9-12-5-4-8-20(11-12)15(21)10-18-16-13-6-2-3-7-14(13)24(22,23)19-16/h2-3,6-7,12,17H,4-5,8-11H2,1H3,(H,18,19). The van der Waals surface area contributed by atoms with Crippen molar-refractivity contribution >= 4 is 21.8 Å². The zero-order valence-corrected chi connectivity index (χ0v) is 14.5. The van der Waals surface area contributed by atoms with Crippen LogP contribution < -0.4 is 10.0 Å². The van der Waals surface area contributed by atoms with Crippen molar-refractivity contribution in [2.75, 3.05) is 33.2 Å². The van der Waals surface area contributed by atoms with Gasteiger partial charge in [0.25, 0.3) is 10.0 Å². The summed E-state index contributed by atoms with van der Waals surface area (Å²) in [7, 11) is -1.64. The van der Waals surface area contributed by atoms with Crippen molar-refractivity contribution in [3.8, 4) is 0 Å². The molecule has 3 rings (SSSR count). The molecule has 0 spiro atoms. The van der Waals surface area contributed by atoms with Crippen molar-refractivity contribution in [1.82, 2.24) is 14.9 Å². The Labute approximate surface area is 142 Å². The van der Waals surface area contributed by atoms with Crippen molar-refractivity contribution in [3.05, 3.63) is 29.8 Å². The number of amides is 1. The van der Waals surface area contributed by atoms with Gasteiger partial charge in [0.05, 0.1) is 4.90 Å². The molecule has 1 fully saturated rings. The minimum atomic E-state index is -3.56. The highest BCUT2D eigenvalue weighted by molar-refractivity contribution is 7.90. The zero-order chi connectivity index (χ0) is 17.2. The molecule has 1 unspecified atom stereocenters. The molecule has 0 radical (unpaired) electrons. The van der Waals surface area contributed by atoms with Crippen LogP contribution in [0.1, 0.15) is 18.4 Å². The monoisotopic (exact) mass is 350 g/mol. The number of carbonyl (C=O) groups is 1. The summed E-state index contributed by atoms with van der Waals surface area (Å²) in [6.45, 7) is 2.32. The predicted molar refractivity (Wildman–Crippen MR) is 91.4 cm³/mol. The summed E-state index contributed by atoms with van der Waals surface area (Å²) >= 11 is 0. The van der Waals surface area contributed by atoms with Gasteiger partial charge in [0.2, 0.25) is 5.91 Å². The van der Waals surface area contributed by atoms with Crippen molar-refractivity contribution in [2.45, 2.75) is 17.7 Å². The molecule has 7 nitrogen and oxygen atoms in total. The second-order valence-corrected chi connectivity index (χ2v) is 7.82. The Hall–Kier alpha value is -1.93. The summed E-state index contributed by atoms with van der Waals surface area (Å²) in [4.78, 5) is 18.7. The van der Waals surface area contributed by atoms with Crippen molar-refractivity contribution in [1.29, 1.82) is 0 Å². The van der Waals surface area contributed by atoms with Gasteiger partial charge in [-0.15, -0.1) is 0 Å². The highest BCUT2D eigenvalue weighted by Crippen LogP contribution is 2.22. The number of piperidine rings is 1. The fourth-order valence-corrected chi connectivity index (χ4v) is 4.50. The average Bonchev–Trinajstić information content (AvgIpc) is 2.84. The number of benzene rings is 1. The van der Waals surface area contributed by atoms with Gasteiger partial charge < -0.3 is 10.2 Å². The number of amidine groups is 1. The molecule has 0 bridgehead atoms. The van der Waals surface area contributed by atoms with Crippen LogP contribution in [-0.4, -0.2) is 58.3 Å². The van der Waals surface area contributed by atoms with Crippen LogP contribution in [0.4, 0.5) is 0 Å². The Bertz CT molecular complexity index is 758. The first kappa shape index (κ1) is 16.9. The lowest BCUT2D eigenvalue weighted by Crippen LogP contribution is -2.43. The largest absolute Gasteiger partial charge is 0.341 e. The average molecular weight is 350 g/mol. The van der Waals surface area contributed by atoms with Crippen LogP contribution in [0.3, 0.4) is 0 Å². The van der Waals surface area contributed by atoms with E-state index in [9.17, 15) is 13.2 Å². The van der Waals surface area contributed by atoms with Gasteiger partial charge in [0.15, 0.2) is 0 Å². The SMILES string of the molecule is CNCC1CCCN(C(=O)CN=C2NS(=O)(=O)c3ccccc32)C1. The van der Waals surface area contributed by atoms with Gasteiger partial charge in [0, 0.05) is 18.7 Å². The Balaban J connectivity index is 1.69. The number of hydrogen-bond donors (Lipinski definition) is 2. The molecule has 130 valence electrons. The van der Waals surface area contributed by atoms with Gasteiger partial charge in [-0.2, -0.15) is 0 Å². The summed E-state index contributed by atoms with van der Waals surface area (Å²) < 4.78 is 26.5. The Morgan fingerprint density at radius 2 is 2.21 bits per heavy atom. The lowest BCUT2D eigenvalue weighted by Gasteiger charge is -2.32. The van der Waals surface area contributed by atoms with Crippen molar-refractivity contribution in [3.63, 3.8) is 0 Å². The van der Waals surface area contributed by atoms with Crippen LogP contribution in [-0.2, 0) is 14.8 Å². The van der Waals surface area contributed by atoms with E-state index < -0.39 is 10.0 Å². The van der Waals surface area contributed by atoms with Crippen LogP contribution in [0.2, 0.25) is 0 Å². The second kappa shape index (κ2) is 6.90. The van der Waals surface area contributed by atoms with E-state index in [1.54, 1.807) is 18.2 Å². The predicted octanol–water partition coefficient (Wildman–Crippen LogP) is 0.183. The zero-order valence-electron chi connectivity index (χ0n) is 13.7. The number of hydrogen-bond acceptors (Lipinski definition) is 5. The molecule has 24 heavy (non-hydrogen) atoms. The number of rotatable bonds is 4. The molecule has 0 aliphatic carbocycles. The topological polar surface area (TPSA) is 90.9 Å². The number of nitrogens with zero attached hydrogens (tertiary/aromatic N) is 2. The maximum Gasteiger partial charge on any atom is 0.263 e. The second-order valence-electron chi connectivity index (χ2n) is 6.17. The number of likely N-dealkylation sites (tertiary alicyclic amines) is 1. The number of aliphatic imine (C=N–C) groups is 1. The van der Waals surface area contributed by atoms with Gasteiger partial charge in [0.1, 0.15) is 12.4 Å². The van der Waals surface area contributed by atoms with E-state index in [0.717, 1.165) is 32.5 Å². The molecule has 1 atom stereocenters. The van der Waals surface area contributed by atoms with Gasteiger partial charge in [-0.3, -0.25) is 14.5 Å². The first-order valence-corrected chi connectivity index (χ1v) is 9.58. The summed E-state index contributed by atoms with van der Waals surface area (Å²) in [5.41, 5.74) is 0.525. The maximum atomic E-state index is 12.4. The van der Waals surface area contributed by atoms with E-state index in [1.165, 1.54) is 6.07 Å². The van der Waals surface area contributed by atoms with Crippen LogP contribution in [0.15, 0.2) is 34.2 Å². The van der Waals surface area contributed by atoms with Gasteiger partial charge >= 0.3 is 0 Å². The molecule has 1 amide bonds. The van der Waals surface area contributed by atoms with Gasteiger partial charge in [-0.25, -0.2) is 8.42 Å². The Morgan fingerprint density at radius 3 is 3.00 bits per heavy atom. The van der Waals surface area contributed by atoms with Crippen LogP contribution >= 0.6 is 0 Å². The van der Waals surface area contributed by atoms with E-state index in [0.29, 0.717) is 11.5 Å². The number of sulfonamides is 1. The van der Waals surface area contributed by atoms with E-state index in [2.05, 4.69) is 15.0 Å². The normalized spacial score (nSPS) is 23.8. The molecule has 8 heteroatoms. The quantitative estimate of drug-likeness (QED) is 0.811. The number of carbonyl (C=O) groups excluding carboxylic acids is 1. The van der Waals surface area contributed by atoms with Crippen LogP contribution in [0, 0.1) is 5.92 Å².